The van der Waals surface area contributed by atoms with E-state index in [-0.39, 0.29) is 17.5 Å². The number of carboxylic acid groups (broad SMARTS) is 1. The van der Waals surface area contributed by atoms with Gasteiger partial charge in [0.25, 0.3) is 5.89 Å². The van der Waals surface area contributed by atoms with Gasteiger partial charge < -0.3 is 13.9 Å². The summed E-state index contributed by atoms with van der Waals surface area (Å²) in [5.74, 6) is -1.23. The van der Waals surface area contributed by atoms with Gasteiger partial charge in [-0.2, -0.15) is 13.2 Å². The Bertz CT molecular complexity index is 594. The van der Waals surface area contributed by atoms with Gasteiger partial charge in [-0.1, -0.05) is 0 Å². The van der Waals surface area contributed by atoms with Crippen LogP contribution in [0.3, 0.4) is 0 Å². The summed E-state index contributed by atoms with van der Waals surface area (Å²) in [6, 6.07) is 3.13. The highest BCUT2D eigenvalue weighted by Crippen LogP contribution is 2.20. The summed E-state index contributed by atoms with van der Waals surface area (Å²) in [5, 5.41) is 15.8. The van der Waals surface area contributed by atoms with Crippen LogP contribution in [0.15, 0.2) is 27.2 Å². The Labute approximate surface area is 116 Å². The Morgan fingerprint density at radius 1 is 1.38 bits per heavy atom. The predicted octanol–water partition coefficient (Wildman–Crippen LogP) is 1.78. The van der Waals surface area contributed by atoms with Crippen molar-refractivity contribution in [1.29, 1.82) is 0 Å². The zero-order valence-corrected chi connectivity index (χ0v) is 10.5. The van der Waals surface area contributed by atoms with Crippen LogP contribution in [0.25, 0.3) is 11.7 Å². The predicted molar refractivity (Wildman–Crippen MR) is 61.0 cm³/mol. The molecule has 0 aromatic carbocycles. The number of furan rings is 1. The van der Waals surface area contributed by atoms with Crippen molar-refractivity contribution < 1.29 is 31.9 Å². The third kappa shape index (κ3) is 4.60. The fourth-order valence-electron chi connectivity index (χ4n) is 1.62. The molecule has 0 saturated carbocycles. The third-order valence-corrected chi connectivity index (χ3v) is 2.32. The molecule has 0 atom stereocenters. The van der Waals surface area contributed by atoms with Crippen LogP contribution in [0.2, 0.25) is 0 Å². The molecule has 0 radical (unpaired) electrons. The van der Waals surface area contributed by atoms with E-state index in [1.807, 2.05) is 0 Å². The van der Waals surface area contributed by atoms with Crippen molar-refractivity contribution in [2.45, 2.75) is 12.7 Å². The number of rotatable bonds is 6. The van der Waals surface area contributed by atoms with E-state index in [4.69, 9.17) is 13.9 Å². The minimum Gasteiger partial charge on any atom is -0.480 e. The lowest BCUT2D eigenvalue weighted by Crippen LogP contribution is -2.37. The Morgan fingerprint density at radius 2 is 2.14 bits per heavy atom. The summed E-state index contributed by atoms with van der Waals surface area (Å²) in [6.07, 6.45) is -3.15. The molecule has 114 valence electrons. The molecular formula is C11H10F3N3O4. The number of hydrogen-bond acceptors (Lipinski definition) is 6. The first-order chi connectivity index (χ1) is 9.83. The molecule has 10 heteroatoms. The van der Waals surface area contributed by atoms with Crippen molar-refractivity contribution in [3.63, 3.8) is 0 Å². The summed E-state index contributed by atoms with van der Waals surface area (Å²) in [6.45, 7) is -2.62. The quantitative estimate of drug-likeness (QED) is 0.869. The van der Waals surface area contributed by atoms with Gasteiger partial charge in [-0.05, 0) is 12.1 Å². The van der Waals surface area contributed by atoms with Crippen LogP contribution in [0.4, 0.5) is 13.2 Å². The van der Waals surface area contributed by atoms with Gasteiger partial charge in [0.15, 0.2) is 5.76 Å². The zero-order chi connectivity index (χ0) is 15.5. The standard InChI is InChI=1S/C11H10F3N3O4/c12-11(13,14)6-17(5-9(18)19)4-8-15-16-10(21-8)7-2-1-3-20-7/h1-3H,4-6H2,(H,18,19). The van der Waals surface area contributed by atoms with E-state index < -0.39 is 31.8 Å². The molecule has 2 heterocycles. The molecule has 2 rings (SSSR count). The maximum atomic E-state index is 12.4. The minimum absolute atomic E-state index is 0.0114. The van der Waals surface area contributed by atoms with Crippen molar-refractivity contribution >= 4 is 5.97 Å². The lowest BCUT2D eigenvalue weighted by Gasteiger charge is -2.19. The largest absolute Gasteiger partial charge is 0.480 e. The van der Waals surface area contributed by atoms with Crippen LogP contribution in [0.5, 0.6) is 0 Å². The first-order valence-corrected chi connectivity index (χ1v) is 5.70. The number of aliphatic carboxylic acids is 1. The summed E-state index contributed by atoms with van der Waals surface area (Å²) in [4.78, 5) is 11.2. The molecule has 7 nitrogen and oxygen atoms in total. The van der Waals surface area contributed by atoms with Gasteiger partial charge in [0.1, 0.15) is 0 Å². The molecular weight excluding hydrogens is 295 g/mol. The minimum atomic E-state index is -4.53. The van der Waals surface area contributed by atoms with Gasteiger partial charge >= 0.3 is 12.1 Å². The third-order valence-electron chi connectivity index (χ3n) is 2.32. The highest BCUT2D eigenvalue weighted by molar-refractivity contribution is 5.69. The van der Waals surface area contributed by atoms with Gasteiger partial charge in [0.2, 0.25) is 5.89 Å². The maximum Gasteiger partial charge on any atom is 0.401 e. The van der Waals surface area contributed by atoms with E-state index >= 15 is 0 Å². The van der Waals surface area contributed by atoms with E-state index in [0.29, 0.717) is 4.90 Å². The fourth-order valence-corrected chi connectivity index (χ4v) is 1.62. The second-order valence-corrected chi connectivity index (χ2v) is 4.13. The Balaban J connectivity index is 2.07. The molecule has 2 aromatic heterocycles. The average Bonchev–Trinajstić information content (AvgIpc) is 2.94. The number of carboxylic acids is 1. The lowest BCUT2D eigenvalue weighted by atomic mass is 10.4. The molecule has 0 saturated heterocycles. The molecule has 0 aliphatic carbocycles. The Kier molecular flexibility index (Phi) is 4.26. The van der Waals surface area contributed by atoms with Gasteiger partial charge in [-0.15, -0.1) is 10.2 Å². The normalized spacial score (nSPS) is 12.0. The number of alkyl halides is 3. The van der Waals surface area contributed by atoms with E-state index in [9.17, 15) is 18.0 Å². The monoisotopic (exact) mass is 305 g/mol. The SMILES string of the molecule is O=C(O)CN(Cc1nnc(-c2ccco2)o1)CC(F)(F)F. The molecule has 0 unspecified atom stereocenters. The fraction of sp³-hybridized carbons (Fsp3) is 0.364. The number of aromatic nitrogens is 2. The average molecular weight is 305 g/mol. The lowest BCUT2D eigenvalue weighted by molar-refractivity contribution is -0.155. The number of halogens is 3. The molecule has 0 bridgehead atoms. The van der Waals surface area contributed by atoms with E-state index in [0.717, 1.165) is 0 Å². The van der Waals surface area contributed by atoms with Crippen molar-refractivity contribution in [2.24, 2.45) is 0 Å². The highest BCUT2D eigenvalue weighted by Gasteiger charge is 2.32. The smallest absolute Gasteiger partial charge is 0.401 e. The van der Waals surface area contributed by atoms with Crippen molar-refractivity contribution in [2.75, 3.05) is 13.1 Å². The van der Waals surface area contributed by atoms with Crippen LogP contribution in [-0.2, 0) is 11.3 Å². The first-order valence-electron chi connectivity index (χ1n) is 5.70. The van der Waals surface area contributed by atoms with Crippen molar-refractivity contribution in [3.8, 4) is 11.7 Å². The van der Waals surface area contributed by atoms with Gasteiger partial charge in [0, 0.05) is 0 Å². The van der Waals surface area contributed by atoms with Crippen molar-refractivity contribution in [1.82, 2.24) is 15.1 Å². The van der Waals surface area contributed by atoms with Crippen LogP contribution in [0.1, 0.15) is 5.89 Å². The molecule has 0 spiro atoms. The molecule has 0 aliphatic heterocycles. The summed E-state index contributed by atoms with van der Waals surface area (Å²) in [7, 11) is 0. The second-order valence-electron chi connectivity index (χ2n) is 4.13. The van der Waals surface area contributed by atoms with Gasteiger partial charge in [-0.25, -0.2) is 0 Å². The van der Waals surface area contributed by atoms with E-state index in [2.05, 4.69) is 10.2 Å². The topological polar surface area (TPSA) is 92.6 Å². The van der Waals surface area contributed by atoms with Crippen LogP contribution >= 0.6 is 0 Å². The van der Waals surface area contributed by atoms with Gasteiger partial charge in [0.05, 0.1) is 25.9 Å². The number of nitrogens with zero attached hydrogens (tertiary/aromatic N) is 3. The molecule has 2 aromatic rings. The zero-order valence-electron chi connectivity index (χ0n) is 10.5. The molecule has 0 fully saturated rings. The maximum absolute atomic E-state index is 12.4. The molecule has 0 aliphatic rings. The summed E-state index contributed by atoms with van der Waals surface area (Å²) >= 11 is 0. The number of hydrogen-bond donors (Lipinski definition) is 1. The highest BCUT2D eigenvalue weighted by atomic mass is 19.4. The van der Waals surface area contributed by atoms with Gasteiger partial charge in [-0.3, -0.25) is 9.69 Å². The Morgan fingerprint density at radius 3 is 2.71 bits per heavy atom. The molecule has 0 amide bonds. The summed E-state index contributed by atoms with van der Waals surface area (Å²) in [5.41, 5.74) is 0. The summed E-state index contributed by atoms with van der Waals surface area (Å²) < 4.78 is 47.2. The van der Waals surface area contributed by atoms with Crippen molar-refractivity contribution in [3.05, 3.63) is 24.3 Å². The van der Waals surface area contributed by atoms with E-state index in [1.54, 1.807) is 12.1 Å². The second kappa shape index (κ2) is 5.95. The molecule has 1 N–H and O–H groups in total. The van der Waals surface area contributed by atoms with Crippen LogP contribution in [0, 0.1) is 0 Å². The van der Waals surface area contributed by atoms with Crippen LogP contribution in [-0.4, -0.2) is 45.4 Å². The van der Waals surface area contributed by atoms with E-state index in [1.165, 1.54) is 6.26 Å². The molecule has 21 heavy (non-hydrogen) atoms. The first kappa shape index (κ1) is 15.0. The Hall–Kier alpha value is -2.36. The van der Waals surface area contributed by atoms with Crippen LogP contribution < -0.4 is 0 Å². The number of carbonyl (C=O) groups is 1.